The normalized spacial score (nSPS) is 11.9. The van der Waals surface area contributed by atoms with Crippen LogP contribution >= 0.6 is 11.6 Å². The summed E-state index contributed by atoms with van der Waals surface area (Å²) in [7, 11) is 0. The van der Waals surface area contributed by atoms with E-state index in [1.165, 1.54) is 0 Å². The SMILES string of the molecule is O=C(NCC(O)c1ccc(Cl)cc1)c1ccccc1. The molecule has 0 heterocycles. The Kier molecular flexibility index (Phi) is 4.55. The van der Waals surface area contributed by atoms with Gasteiger partial charge in [0.1, 0.15) is 0 Å². The number of carbonyl (C=O) groups is 1. The Bertz CT molecular complexity index is 540. The molecule has 19 heavy (non-hydrogen) atoms. The molecule has 1 atom stereocenters. The number of halogens is 1. The maximum absolute atomic E-state index is 11.8. The second kappa shape index (κ2) is 6.36. The fourth-order valence-corrected chi connectivity index (χ4v) is 1.81. The lowest BCUT2D eigenvalue weighted by molar-refractivity contribution is 0.0916. The van der Waals surface area contributed by atoms with Gasteiger partial charge in [0.25, 0.3) is 5.91 Å². The predicted molar refractivity (Wildman–Crippen MR) is 75.2 cm³/mol. The van der Waals surface area contributed by atoms with E-state index in [9.17, 15) is 9.90 Å². The number of hydrogen-bond acceptors (Lipinski definition) is 2. The van der Waals surface area contributed by atoms with Crippen LogP contribution in [0.15, 0.2) is 54.6 Å². The van der Waals surface area contributed by atoms with E-state index in [0.29, 0.717) is 10.6 Å². The molecule has 0 spiro atoms. The molecule has 0 radical (unpaired) electrons. The van der Waals surface area contributed by atoms with E-state index >= 15 is 0 Å². The molecule has 2 aromatic rings. The van der Waals surface area contributed by atoms with Crippen LogP contribution < -0.4 is 5.32 Å². The van der Waals surface area contributed by atoms with Gasteiger partial charge in [-0.05, 0) is 29.8 Å². The Hall–Kier alpha value is -1.84. The molecule has 0 aliphatic rings. The zero-order chi connectivity index (χ0) is 13.7. The molecule has 2 aromatic carbocycles. The van der Waals surface area contributed by atoms with E-state index in [1.54, 1.807) is 48.5 Å². The highest BCUT2D eigenvalue weighted by molar-refractivity contribution is 6.30. The molecule has 0 aromatic heterocycles. The van der Waals surface area contributed by atoms with Crippen LogP contribution in [0.4, 0.5) is 0 Å². The van der Waals surface area contributed by atoms with Crippen molar-refractivity contribution in [3.05, 3.63) is 70.7 Å². The smallest absolute Gasteiger partial charge is 0.251 e. The van der Waals surface area contributed by atoms with Crippen LogP contribution in [0.2, 0.25) is 5.02 Å². The van der Waals surface area contributed by atoms with Crippen molar-refractivity contribution in [1.82, 2.24) is 5.32 Å². The van der Waals surface area contributed by atoms with E-state index in [4.69, 9.17) is 11.6 Å². The molecule has 0 bridgehead atoms. The Balaban J connectivity index is 1.92. The number of amides is 1. The summed E-state index contributed by atoms with van der Waals surface area (Å²) in [6.07, 6.45) is -0.745. The number of benzene rings is 2. The molecule has 98 valence electrons. The van der Waals surface area contributed by atoms with E-state index < -0.39 is 6.10 Å². The molecular formula is C15H14ClNO2. The molecule has 0 aliphatic carbocycles. The first-order valence-electron chi connectivity index (χ1n) is 5.93. The van der Waals surface area contributed by atoms with Crippen molar-refractivity contribution in [2.24, 2.45) is 0 Å². The van der Waals surface area contributed by atoms with Crippen molar-refractivity contribution < 1.29 is 9.90 Å². The minimum absolute atomic E-state index is 0.162. The number of carbonyl (C=O) groups excluding carboxylic acids is 1. The number of rotatable bonds is 4. The van der Waals surface area contributed by atoms with Gasteiger partial charge in [-0.15, -0.1) is 0 Å². The third-order valence-corrected chi connectivity index (χ3v) is 3.00. The van der Waals surface area contributed by atoms with Crippen molar-refractivity contribution in [2.75, 3.05) is 6.54 Å². The van der Waals surface area contributed by atoms with Gasteiger partial charge >= 0.3 is 0 Å². The minimum atomic E-state index is -0.745. The van der Waals surface area contributed by atoms with Crippen molar-refractivity contribution >= 4 is 17.5 Å². The van der Waals surface area contributed by atoms with Crippen LogP contribution in [0.5, 0.6) is 0 Å². The number of hydrogen-bond donors (Lipinski definition) is 2. The average Bonchev–Trinajstić information content (AvgIpc) is 2.46. The lowest BCUT2D eigenvalue weighted by Crippen LogP contribution is -2.28. The van der Waals surface area contributed by atoms with Crippen LogP contribution in [0, 0.1) is 0 Å². The van der Waals surface area contributed by atoms with Crippen molar-refractivity contribution in [3.63, 3.8) is 0 Å². The third-order valence-electron chi connectivity index (χ3n) is 2.75. The van der Waals surface area contributed by atoms with Gasteiger partial charge in [-0.25, -0.2) is 0 Å². The molecule has 0 fully saturated rings. The zero-order valence-electron chi connectivity index (χ0n) is 10.2. The highest BCUT2D eigenvalue weighted by atomic mass is 35.5. The average molecular weight is 276 g/mol. The lowest BCUT2D eigenvalue weighted by Gasteiger charge is -2.12. The summed E-state index contributed by atoms with van der Waals surface area (Å²) in [5.41, 5.74) is 1.29. The summed E-state index contributed by atoms with van der Waals surface area (Å²) >= 11 is 5.77. The Morgan fingerprint density at radius 2 is 1.74 bits per heavy atom. The van der Waals surface area contributed by atoms with Crippen LogP contribution in [0.1, 0.15) is 22.0 Å². The summed E-state index contributed by atoms with van der Waals surface area (Å²) in [6.45, 7) is 0.162. The summed E-state index contributed by atoms with van der Waals surface area (Å²) in [5.74, 6) is -0.200. The molecule has 3 nitrogen and oxygen atoms in total. The first kappa shape index (κ1) is 13.6. The topological polar surface area (TPSA) is 49.3 Å². The van der Waals surface area contributed by atoms with Gasteiger partial charge in [0.2, 0.25) is 0 Å². The second-order valence-corrected chi connectivity index (χ2v) is 4.58. The molecule has 2 rings (SSSR count). The molecule has 0 aliphatic heterocycles. The highest BCUT2D eigenvalue weighted by Crippen LogP contribution is 2.15. The molecule has 0 saturated carbocycles. The van der Waals surface area contributed by atoms with E-state index in [1.807, 2.05) is 6.07 Å². The summed E-state index contributed by atoms with van der Waals surface area (Å²) < 4.78 is 0. The fraction of sp³-hybridized carbons (Fsp3) is 0.133. The second-order valence-electron chi connectivity index (χ2n) is 4.14. The third kappa shape index (κ3) is 3.81. The van der Waals surface area contributed by atoms with Gasteiger partial charge in [-0.1, -0.05) is 41.9 Å². The first-order chi connectivity index (χ1) is 9.16. The minimum Gasteiger partial charge on any atom is -0.387 e. The van der Waals surface area contributed by atoms with Gasteiger partial charge in [-0.2, -0.15) is 0 Å². The molecule has 1 unspecified atom stereocenters. The van der Waals surface area contributed by atoms with Crippen LogP contribution in [-0.4, -0.2) is 17.6 Å². The van der Waals surface area contributed by atoms with E-state index in [0.717, 1.165) is 5.56 Å². The summed E-state index contributed by atoms with van der Waals surface area (Å²) in [5, 5.41) is 13.3. The van der Waals surface area contributed by atoms with Crippen molar-refractivity contribution in [2.45, 2.75) is 6.10 Å². The molecule has 0 saturated heterocycles. The molecule has 4 heteroatoms. The summed E-state index contributed by atoms with van der Waals surface area (Å²) in [4.78, 5) is 11.8. The lowest BCUT2D eigenvalue weighted by atomic mass is 10.1. The Morgan fingerprint density at radius 1 is 1.11 bits per heavy atom. The van der Waals surface area contributed by atoms with Gasteiger partial charge < -0.3 is 10.4 Å². The van der Waals surface area contributed by atoms with Gasteiger partial charge in [0.15, 0.2) is 0 Å². The number of nitrogens with one attached hydrogen (secondary N) is 1. The van der Waals surface area contributed by atoms with Crippen LogP contribution in [0.25, 0.3) is 0 Å². The van der Waals surface area contributed by atoms with Gasteiger partial charge in [0.05, 0.1) is 6.10 Å². The zero-order valence-corrected chi connectivity index (χ0v) is 11.0. The highest BCUT2D eigenvalue weighted by Gasteiger charge is 2.10. The first-order valence-corrected chi connectivity index (χ1v) is 6.31. The van der Waals surface area contributed by atoms with Gasteiger partial charge in [0, 0.05) is 17.1 Å². The van der Waals surface area contributed by atoms with Gasteiger partial charge in [-0.3, -0.25) is 4.79 Å². The Morgan fingerprint density at radius 3 is 2.37 bits per heavy atom. The quantitative estimate of drug-likeness (QED) is 0.901. The monoisotopic (exact) mass is 275 g/mol. The van der Waals surface area contributed by atoms with E-state index in [-0.39, 0.29) is 12.5 Å². The molecule has 1 amide bonds. The maximum atomic E-state index is 11.8. The fourth-order valence-electron chi connectivity index (χ4n) is 1.68. The molecular weight excluding hydrogens is 262 g/mol. The van der Waals surface area contributed by atoms with Crippen LogP contribution in [-0.2, 0) is 0 Å². The largest absolute Gasteiger partial charge is 0.387 e. The summed E-state index contributed by atoms with van der Waals surface area (Å²) in [6, 6.07) is 15.8. The molecule has 2 N–H and O–H groups in total. The maximum Gasteiger partial charge on any atom is 0.251 e. The standard InChI is InChI=1S/C15H14ClNO2/c16-13-8-6-11(7-9-13)14(18)10-17-15(19)12-4-2-1-3-5-12/h1-9,14,18H,10H2,(H,17,19). The Labute approximate surface area is 116 Å². The van der Waals surface area contributed by atoms with Crippen molar-refractivity contribution in [3.8, 4) is 0 Å². The predicted octanol–water partition coefficient (Wildman–Crippen LogP) is 2.80. The van der Waals surface area contributed by atoms with Crippen molar-refractivity contribution in [1.29, 1.82) is 0 Å². The van der Waals surface area contributed by atoms with E-state index in [2.05, 4.69) is 5.32 Å². The van der Waals surface area contributed by atoms with Crippen LogP contribution in [0.3, 0.4) is 0 Å². The number of aliphatic hydroxyl groups excluding tert-OH is 1. The number of aliphatic hydroxyl groups is 1.